The second kappa shape index (κ2) is 7.87. The minimum absolute atomic E-state index is 0.273. The van der Waals surface area contributed by atoms with Gasteiger partial charge >= 0.3 is 0 Å². The molecule has 2 aliphatic heterocycles. The van der Waals surface area contributed by atoms with Crippen LogP contribution in [0.4, 0.5) is 11.8 Å². The van der Waals surface area contributed by atoms with Crippen LogP contribution in [0.2, 0.25) is 0 Å². The van der Waals surface area contributed by atoms with Crippen molar-refractivity contribution in [2.24, 2.45) is 0 Å². The van der Waals surface area contributed by atoms with E-state index in [4.69, 9.17) is 14.5 Å². The Kier molecular flexibility index (Phi) is 5.79. The van der Waals surface area contributed by atoms with Crippen LogP contribution in [0.5, 0.6) is 0 Å². The molecule has 0 aliphatic carbocycles. The van der Waals surface area contributed by atoms with Crippen LogP contribution in [0.3, 0.4) is 0 Å². The lowest BCUT2D eigenvalue weighted by atomic mass is 10.00. The van der Waals surface area contributed by atoms with Gasteiger partial charge in [0.25, 0.3) is 0 Å². The first-order valence-electron chi connectivity index (χ1n) is 9.56. The molecule has 3 rings (SSSR count). The van der Waals surface area contributed by atoms with Gasteiger partial charge in [-0.1, -0.05) is 0 Å². The number of rotatable bonds is 4. The summed E-state index contributed by atoms with van der Waals surface area (Å²) in [5.74, 6) is 1.63. The van der Waals surface area contributed by atoms with Crippen LogP contribution in [-0.2, 0) is 9.47 Å². The summed E-state index contributed by atoms with van der Waals surface area (Å²) in [7, 11) is 0. The fraction of sp³-hybridized carbons (Fsp3) is 0.789. The van der Waals surface area contributed by atoms with Crippen LogP contribution in [-0.4, -0.2) is 46.5 Å². The van der Waals surface area contributed by atoms with Crippen molar-refractivity contribution in [1.82, 2.24) is 9.97 Å². The number of nitrogens with one attached hydrogen (secondary N) is 2. The molecule has 0 bridgehead atoms. The van der Waals surface area contributed by atoms with Crippen LogP contribution in [0.1, 0.15) is 58.9 Å². The molecular weight excluding hydrogens is 316 g/mol. The molecule has 2 aliphatic rings. The molecule has 5 atom stereocenters. The number of aromatic nitrogens is 2. The van der Waals surface area contributed by atoms with Crippen LogP contribution < -0.4 is 10.6 Å². The van der Waals surface area contributed by atoms with E-state index in [1.807, 2.05) is 6.20 Å². The van der Waals surface area contributed by atoms with Crippen LogP contribution >= 0.6 is 0 Å². The van der Waals surface area contributed by atoms with E-state index in [0.29, 0.717) is 18.0 Å². The SMILES string of the molecule is Cc1cnc(NC2C[C@@H](C)O[C@@H](C)C2)nc1NC1C[C@@H](C)O[C@H](C)C1. The van der Waals surface area contributed by atoms with Gasteiger partial charge in [-0.15, -0.1) is 0 Å². The van der Waals surface area contributed by atoms with Crippen molar-refractivity contribution >= 4 is 11.8 Å². The Bertz CT molecular complexity index is 563. The highest BCUT2D eigenvalue weighted by Gasteiger charge is 2.26. The molecule has 1 unspecified atom stereocenters. The standard InChI is InChI=1S/C19H32N4O2/c1-11-10-20-19(22-17-8-14(4)25-15(5)9-17)23-18(11)21-16-6-12(2)24-13(3)7-16/h10,12-17H,6-9H2,1-5H3,(H2,20,21,22,23)/t12-,13-,14-,15+,17?/m1/s1. The summed E-state index contributed by atoms with van der Waals surface area (Å²) in [5.41, 5.74) is 1.08. The van der Waals surface area contributed by atoms with Crippen LogP contribution in [0, 0.1) is 6.92 Å². The highest BCUT2D eigenvalue weighted by atomic mass is 16.5. The van der Waals surface area contributed by atoms with Gasteiger partial charge in [-0.25, -0.2) is 4.98 Å². The molecule has 0 spiro atoms. The predicted octanol–water partition coefficient (Wildman–Crippen LogP) is 3.52. The van der Waals surface area contributed by atoms with Gasteiger partial charge in [0.05, 0.1) is 24.4 Å². The zero-order valence-electron chi connectivity index (χ0n) is 16.1. The third-order valence-electron chi connectivity index (χ3n) is 5.04. The minimum Gasteiger partial charge on any atom is -0.375 e. The molecule has 2 fully saturated rings. The Morgan fingerprint density at radius 2 is 1.32 bits per heavy atom. The molecule has 6 heteroatoms. The van der Waals surface area contributed by atoms with Gasteiger partial charge in [0.2, 0.25) is 5.95 Å². The maximum Gasteiger partial charge on any atom is 0.224 e. The Morgan fingerprint density at radius 1 is 0.840 bits per heavy atom. The van der Waals surface area contributed by atoms with Gasteiger partial charge < -0.3 is 20.1 Å². The van der Waals surface area contributed by atoms with Crippen molar-refractivity contribution in [3.8, 4) is 0 Å². The minimum atomic E-state index is 0.273. The Balaban J connectivity index is 1.66. The molecule has 140 valence electrons. The van der Waals surface area contributed by atoms with Gasteiger partial charge in [-0.2, -0.15) is 4.98 Å². The van der Waals surface area contributed by atoms with Gasteiger partial charge in [0, 0.05) is 23.8 Å². The number of ether oxygens (including phenoxy) is 2. The number of hydrogen-bond donors (Lipinski definition) is 2. The van der Waals surface area contributed by atoms with Gasteiger partial charge in [-0.05, 0) is 60.3 Å². The summed E-state index contributed by atoms with van der Waals surface area (Å²) in [6, 6.07) is 0.751. The lowest BCUT2D eigenvalue weighted by Crippen LogP contribution is -2.38. The second-order valence-corrected chi connectivity index (χ2v) is 7.87. The molecule has 1 aromatic heterocycles. The van der Waals surface area contributed by atoms with Crippen LogP contribution in [0.15, 0.2) is 6.20 Å². The fourth-order valence-electron chi connectivity index (χ4n) is 4.08. The maximum atomic E-state index is 5.83. The van der Waals surface area contributed by atoms with E-state index in [1.54, 1.807) is 0 Å². The van der Waals surface area contributed by atoms with Gasteiger partial charge in [0.15, 0.2) is 0 Å². The van der Waals surface area contributed by atoms with Crippen molar-refractivity contribution in [2.75, 3.05) is 10.6 Å². The van der Waals surface area contributed by atoms with E-state index in [0.717, 1.165) is 37.1 Å². The molecule has 0 saturated carbocycles. The third kappa shape index (κ3) is 5.05. The number of nitrogens with zero attached hydrogens (tertiary/aromatic N) is 2. The van der Waals surface area contributed by atoms with Crippen molar-refractivity contribution in [3.05, 3.63) is 11.8 Å². The predicted molar refractivity (Wildman–Crippen MR) is 100 cm³/mol. The molecule has 0 radical (unpaired) electrons. The topological polar surface area (TPSA) is 68.3 Å². The first kappa shape index (κ1) is 18.4. The summed E-state index contributed by atoms with van der Waals surface area (Å²) in [6.07, 6.45) is 6.99. The average molecular weight is 348 g/mol. The molecule has 2 saturated heterocycles. The van der Waals surface area contributed by atoms with Crippen molar-refractivity contribution in [3.63, 3.8) is 0 Å². The third-order valence-corrected chi connectivity index (χ3v) is 5.04. The lowest BCUT2D eigenvalue weighted by Gasteiger charge is -2.33. The van der Waals surface area contributed by atoms with E-state index in [2.05, 4.69) is 50.2 Å². The molecule has 0 aromatic carbocycles. The average Bonchev–Trinajstić information content (AvgIpc) is 2.48. The van der Waals surface area contributed by atoms with E-state index in [9.17, 15) is 0 Å². The number of aryl methyl sites for hydroxylation is 1. The van der Waals surface area contributed by atoms with Crippen LogP contribution in [0.25, 0.3) is 0 Å². The first-order chi connectivity index (χ1) is 11.9. The summed E-state index contributed by atoms with van der Waals surface area (Å²) < 4.78 is 11.6. The molecule has 25 heavy (non-hydrogen) atoms. The highest BCUT2D eigenvalue weighted by Crippen LogP contribution is 2.25. The zero-order valence-corrected chi connectivity index (χ0v) is 16.1. The Morgan fingerprint density at radius 3 is 1.84 bits per heavy atom. The molecule has 1 aromatic rings. The smallest absolute Gasteiger partial charge is 0.224 e. The fourth-order valence-corrected chi connectivity index (χ4v) is 4.08. The highest BCUT2D eigenvalue weighted by molar-refractivity contribution is 5.47. The second-order valence-electron chi connectivity index (χ2n) is 7.87. The van der Waals surface area contributed by atoms with E-state index >= 15 is 0 Å². The van der Waals surface area contributed by atoms with Crippen molar-refractivity contribution in [1.29, 1.82) is 0 Å². The largest absolute Gasteiger partial charge is 0.375 e. The first-order valence-corrected chi connectivity index (χ1v) is 9.56. The molecule has 3 heterocycles. The molecule has 2 N–H and O–H groups in total. The zero-order chi connectivity index (χ0) is 18.0. The number of hydrogen-bond acceptors (Lipinski definition) is 6. The maximum absolute atomic E-state index is 5.83. The summed E-state index contributed by atoms with van der Waals surface area (Å²) in [5, 5.41) is 7.11. The molecule has 0 amide bonds. The van der Waals surface area contributed by atoms with E-state index < -0.39 is 0 Å². The summed E-state index contributed by atoms with van der Waals surface area (Å²) in [4.78, 5) is 9.22. The normalized spacial score (nSPS) is 36.0. The molecule has 6 nitrogen and oxygen atoms in total. The van der Waals surface area contributed by atoms with E-state index in [-0.39, 0.29) is 24.4 Å². The number of anilines is 2. The van der Waals surface area contributed by atoms with Crippen molar-refractivity contribution < 1.29 is 9.47 Å². The summed E-state index contributed by atoms with van der Waals surface area (Å²) in [6.45, 7) is 10.6. The molecular formula is C19H32N4O2. The Labute approximate surface area is 151 Å². The van der Waals surface area contributed by atoms with Gasteiger partial charge in [0.1, 0.15) is 5.82 Å². The quantitative estimate of drug-likeness (QED) is 0.868. The van der Waals surface area contributed by atoms with E-state index in [1.165, 1.54) is 0 Å². The lowest BCUT2D eigenvalue weighted by molar-refractivity contribution is -0.0340. The summed E-state index contributed by atoms with van der Waals surface area (Å²) >= 11 is 0. The monoisotopic (exact) mass is 348 g/mol. The van der Waals surface area contributed by atoms with Crippen molar-refractivity contribution in [2.45, 2.75) is 96.8 Å². The van der Waals surface area contributed by atoms with Gasteiger partial charge in [-0.3, -0.25) is 0 Å². The Hall–Kier alpha value is -1.40.